The van der Waals surface area contributed by atoms with Gasteiger partial charge in [0, 0.05) is 25.2 Å². The Morgan fingerprint density at radius 3 is 2.65 bits per heavy atom. The number of esters is 1. The molecule has 5 atom stereocenters. The summed E-state index contributed by atoms with van der Waals surface area (Å²) in [6, 6.07) is 10.3. The molecule has 2 saturated heterocycles. The van der Waals surface area contributed by atoms with Crippen molar-refractivity contribution in [2.24, 2.45) is 23.2 Å². The van der Waals surface area contributed by atoms with Crippen molar-refractivity contribution in [1.82, 2.24) is 0 Å². The van der Waals surface area contributed by atoms with Crippen LogP contribution in [0.5, 0.6) is 0 Å². The van der Waals surface area contributed by atoms with Gasteiger partial charge in [-0.3, -0.25) is 4.79 Å². The molecule has 1 aromatic rings. The molecule has 0 amide bonds. The molecule has 2 N–H and O–H groups in total. The van der Waals surface area contributed by atoms with Crippen LogP contribution in [0.1, 0.15) is 57.9 Å². The standard InChI is InChI=1S/C27H37NO3/c1-19-7-6-10-26(2)17-24-21(15-23(19)26)22(25(29)31-24)18-28-13-11-27(30,12-14-28)16-20-8-4-3-5-9-20/h3-5,8-9,15,19,21-22,24,30H,6-7,10-14,16-18H2,1-2H3/p+1/t19-,21+,22-,24+,26+/m0/s1. The van der Waals surface area contributed by atoms with Crippen LogP contribution < -0.4 is 4.90 Å². The smallest absolute Gasteiger partial charge is 0.315 e. The summed E-state index contributed by atoms with van der Waals surface area (Å²) in [6.07, 6.45) is 9.63. The van der Waals surface area contributed by atoms with Crippen LogP contribution in [0.3, 0.4) is 0 Å². The molecule has 4 heteroatoms. The van der Waals surface area contributed by atoms with Gasteiger partial charge in [-0.1, -0.05) is 62.2 Å². The molecule has 168 valence electrons. The van der Waals surface area contributed by atoms with Crippen molar-refractivity contribution in [3.8, 4) is 0 Å². The zero-order chi connectivity index (χ0) is 21.6. The first-order valence-electron chi connectivity index (χ1n) is 12.4. The number of ether oxygens (including phenoxy) is 1. The number of fused-ring (bicyclic) bond motifs is 2. The number of carbonyl (C=O) groups excluding carboxylic acids is 1. The Kier molecular flexibility index (Phi) is 5.50. The minimum atomic E-state index is -0.615. The molecular weight excluding hydrogens is 386 g/mol. The number of allylic oxidation sites excluding steroid dienone is 1. The maximum absolute atomic E-state index is 12.9. The number of hydrogen-bond donors (Lipinski definition) is 2. The quantitative estimate of drug-likeness (QED) is 0.577. The number of nitrogens with one attached hydrogen (secondary N) is 1. The first-order chi connectivity index (χ1) is 14.9. The van der Waals surface area contributed by atoms with Gasteiger partial charge in [0.25, 0.3) is 0 Å². The normalized spacial score (nSPS) is 42.4. The molecule has 2 aliphatic heterocycles. The lowest BCUT2D eigenvalue weighted by atomic mass is 9.59. The number of rotatable bonds is 4. The van der Waals surface area contributed by atoms with Gasteiger partial charge in [0.05, 0.1) is 25.2 Å². The van der Waals surface area contributed by atoms with E-state index in [4.69, 9.17) is 4.74 Å². The third-order valence-electron chi connectivity index (χ3n) is 8.85. The largest absolute Gasteiger partial charge is 0.461 e. The first-order valence-corrected chi connectivity index (χ1v) is 12.4. The molecule has 0 aromatic heterocycles. The van der Waals surface area contributed by atoms with E-state index in [2.05, 4.69) is 32.1 Å². The second-order valence-corrected chi connectivity index (χ2v) is 11.2. The van der Waals surface area contributed by atoms with Gasteiger partial charge in [-0.15, -0.1) is 0 Å². The Labute approximate surface area is 186 Å². The van der Waals surface area contributed by atoms with Gasteiger partial charge in [0.15, 0.2) is 0 Å². The van der Waals surface area contributed by atoms with Crippen LogP contribution in [0, 0.1) is 23.2 Å². The lowest BCUT2D eigenvalue weighted by Gasteiger charge is -2.46. The van der Waals surface area contributed by atoms with Gasteiger partial charge in [0.1, 0.15) is 12.0 Å². The van der Waals surface area contributed by atoms with E-state index in [1.54, 1.807) is 5.57 Å². The van der Waals surface area contributed by atoms with Crippen LogP contribution in [0.15, 0.2) is 42.0 Å². The third-order valence-corrected chi connectivity index (χ3v) is 8.85. The molecule has 0 bridgehead atoms. The average Bonchev–Trinajstić information content (AvgIpc) is 3.02. The summed E-state index contributed by atoms with van der Waals surface area (Å²) in [7, 11) is 0. The van der Waals surface area contributed by atoms with E-state index in [0.29, 0.717) is 5.92 Å². The number of hydrogen-bond acceptors (Lipinski definition) is 3. The van der Waals surface area contributed by atoms with Gasteiger partial charge >= 0.3 is 5.97 Å². The highest BCUT2D eigenvalue weighted by molar-refractivity contribution is 5.76. The first kappa shape index (κ1) is 21.2. The van der Waals surface area contributed by atoms with Gasteiger partial charge in [-0.05, 0) is 36.2 Å². The van der Waals surface area contributed by atoms with Crippen LogP contribution in [0.2, 0.25) is 0 Å². The second-order valence-electron chi connectivity index (χ2n) is 11.2. The van der Waals surface area contributed by atoms with E-state index in [1.807, 2.05) is 18.2 Å². The van der Waals surface area contributed by atoms with Crippen molar-refractivity contribution in [2.75, 3.05) is 19.6 Å². The fourth-order valence-electron chi connectivity index (χ4n) is 7.02. The average molecular weight is 425 g/mol. The van der Waals surface area contributed by atoms with Gasteiger partial charge in [0.2, 0.25) is 0 Å². The van der Waals surface area contributed by atoms with Crippen LogP contribution in [-0.2, 0) is 16.0 Å². The monoisotopic (exact) mass is 424 g/mol. The molecule has 5 rings (SSSR count). The summed E-state index contributed by atoms with van der Waals surface area (Å²) in [6.45, 7) is 7.44. The summed E-state index contributed by atoms with van der Waals surface area (Å²) >= 11 is 0. The third kappa shape index (κ3) is 4.09. The topological polar surface area (TPSA) is 51.0 Å². The lowest BCUT2D eigenvalue weighted by molar-refractivity contribution is -0.910. The molecule has 2 aliphatic carbocycles. The number of benzene rings is 1. The maximum Gasteiger partial charge on any atom is 0.315 e. The zero-order valence-corrected chi connectivity index (χ0v) is 19.1. The number of carbonyl (C=O) groups is 1. The van der Waals surface area contributed by atoms with Crippen molar-refractivity contribution in [2.45, 2.75) is 70.5 Å². The van der Waals surface area contributed by atoms with Gasteiger partial charge in [-0.25, -0.2) is 0 Å². The molecule has 0 radical (unpaired) electrons. The SMILES string of the molecule is C[C@H]1CCC[C@]2(C)C[C@H]3OC(=O)[C@@H](C[NH+]4CCC(O)(Cc5ccccc5)CC4)[C@H]3C=C12. The molecule has 4 nitrogen and oxygen atoms in total. The van der Waals surface area contributed by atoms with Crippen molar-refractivity contribution < 1.29 is 19.5 Å². The molecule has 0 unspecified atom stereocenters. The Balaban J connectivity index is 1.24. The number of quaternary nitrogens is 1. The van der Waals surface area contributed by atoms with Crippen LogP contribution in [0.25, 0.3) is 0 Å². The van der Waals surface area contributed by atoms with E-state index >= 15 is 0 Å². The number of likely N-dealkylation sites (tertiary alicyclic amines) is 1. The Morgan fingerprint density at radius 1 is 1.16 bits per heavy atom. The predicted octanol–water partition coefficient (Wildman–Crippen LogP) is 2.95. The summed E-state index contributed by atoms with van der Waals surface area (Å²) in [4.78, 5) is 14.3. The highest BCUT2D eigenvalue weighted by Crippen LogP contribution is 2.53. The lowest BCUT2D eigenvalue weighted by Crippen LogP contribution is -3.14. The van der Waals surface area contributed by atoms with Gasteiger partial charge in [-0.2, -0.15) is 0 Å². The molecular formula is C27H38NO3+. The maximum atomic E-state index is 12.9. The highest BCUT2D eigenvalue weighted by Gasteiger charge is 2.53. The van der Waals surface area contributed by atoms with Crippen molar-refractivity contribution in [1.29, 1.82) is 0 Å². The van der Waals surface area contributed by atoms with Crippen molar-refractivity contribution >= 4 is 5.97 Å². The highest BCUT2D eigenvalue weighted by atomic mass is 16.6. The van der Waals surface area contributed by atoms with Crippen LogP contribution in [0.4, 0.5) is 0 Å². The fraction of sp³-hybridized carbons (Fsp3) is 0.667. The number of piperidine rings is 1. The van der Waals surface area contributed by atoms with E-state index in [0.717, 1.165) is 45.3 Å². The molecule has 1 saturated carbocycles. The van der Waals surface area contributed by atoms with Gasteiger partial charge < -0.3 is 14.7 Å². The zero-order valence-electron chi connectivity index (χ0n) is 19.1. The summed E-state index contributed by atoms with van der Waals surface area (Å²) in [5.41, 5.74) is 2.40. The Morgan fingerprint density at radius 2 is 1.90 bits per heavy atom. The Bertz CT molecular complexity index is 841. The Hall–Kier alpha value is -1.65. The summed E-state index contributed by atoms with van der Waals surface area (Å²) in [5.74, 6) is 0.867. The minimum absolute atomic E-state index is 0.0133. The van der Waals surface area contributed by atoms with E-state index in [9.17, 15) is 9.90 Å². The van der Waals surface area contributed by atoms with Crippen molar-refractivity contribution in [3.63, 3.8) is 0 Å². The fourth-order valence-corrected chi connectivity index (χ4v) is 7.02. The predicted molar refractivity (Wildman–Crippen MR) is 121 cm³/mol. The van der Waals surface area contributed by atoms with E-state index in [1.165, 1.54) is 29.7 Å². The molecule has 31 heavy (non-hydrogen) atoms. The van der Waals surface area contributed by atoms with Crippen LogP contribution in [-0.4, -0.2) is 42.4 Å². The minimum Gasteiger partial charge on any atom is -0.461 e. The summed E-state index contributed by atoms with van der Waals surface area (Å²) < 4.78 is 5.94. The molecule has 1 aromatic carbocycles. The molecule has 2 heterocycles. The molecule has 4 aliphatic rings. The number of aliphatic hydroxyl groups is 1. The second kappa shape index (κ2) is 8.04. The summed E-state index contributed by atoms with van der Waals surface area (Å²) in [5, 5.41) is 11.1. The van der Waals surface area contributed by atoms with E-state index < -0.39 is 5.60 Å². The molecule has 0 spiro atoms. The molecule has 3 fully saturated rings. The van der Waals surface area contributed by atoms with Crippen molar-refractivity contribution in [3.05, 3.63) is 47.5 Å². The van der Waals surface area contributed by atoms with E-state index in [-0.39, 0.29) is 29.3 Å². The van der Waals surface area contributed by atoms with Crippen LogP contribution >= 0.6 is 0 Å².